The molecule has 0 N–H and O–H groups in total. The van der Waals surface area contributed by atoms with E-state index >= 15 is 0 Å². The Hall–Kier alpha value is -1.30. The van der Waals surface area contributed by atoms with Gasteiger partial charge in [-0.2, -0.15) is 0 Å². The smallest absolute Gasteiger partial charge is 0.0839 e. The maximum absolute atomic E-state index is 8.67. The van der Waals surface area contributed by atoms with Gasteiger partial charge in [-0.05, 0) is 33.9 Å². The Morgan fingerprint density at radius 2 is 2.50 bits per heavy atom. The lowest BCUT2D eigenvalue weighted by Crippen LogP contribution is -2.49. The molecular weight excluding hydrogens is 298 g/mol. The van der Waals surface area contributed by atoms with Crippen LogP contribution in [0.25, 0.3) is 10.4 Å². The minimum Gasteiger partial charge on any atom is -0.377 e. The monoisotopic (exact) mass is 309 g/mol. The molecule has 0 aromatic carbocycles. The van der Waals surface area contributed by atoms with E-state index in [9.17, 15) is 0 Å². The molecule has 0 saturated carbocycles. The summed E-state index contributed by atoms with van der Waals surface area (Å²) < 4.78 is 6.44. The Balaban J connectivity index is 2.08. The number of halogens is 1. The lowest BCUT2D eigenvalue weighted by molar-refractivity contribution is 0.0865. The van der Waals surface area contributed by atoms with Crippen molar-refractivity contribution in [2.75, 3.05) is 24.7 Å². The highest BCUT2D eigenvalue weighted by atomic mass is 79.9. The molecule has 0 radical (unpaired) electrons. The largest absolute Gasteiger partial charge is 0.377 e. The van der Waals surface area contributed by atoms with Crippen LogP contribution < -0.4 is 4.90 Å². The van der Waals surface area contributed by atoms with Crippen LogP contribution >= 0.6 is 15.9 Å². The zero-order valence-electron chi connectivity index (χ0n) is 9.66. The lowest BCUT2D eigenvalue weighted by atomic mass is 9.95. The van der Waals surface area contributed by atoms with Gasteiger partial charge in [0.1, 0.15) is 0 Å². The standard InChI is InChI=1S/C11H12BrN5O/c12-7-3-10-11(14-5-7)9(15-16-13)4-8-6-18-2-1-17(8)10/h3,5,8-9H,1-2,4,6H2. The zero-order valence-corrected chi connectivity index (χ0v) is 11.2. The van der Waals surface area contributed by atoms with Crippen LogP contribution in [0.2, 0.25) is 0 Å². The van der Waals surface area contributed by atoms with Gasteiger partial charge in [0.2, 0.25) is 0 Å². The second-order valence-electron chi connectivity index (χ2n) is 4.44. The van der Waals surface area contributed by atoms with E-state index in [-0.39, 0.29) is 12.1 Å². The predicted molar refractivity (Wildman–Crippen MR) is 70.4 cm³/mol. The molecule has 6 nitrogen and oxygen atoms in total. The molecule has 2 aliphatic rings. The Kier molecular flexibility index (Phi) is 3.11. The third-order valence-corrected chi connectivity index (χ3v) is 3.84. The number of fused-ring (bicyclic) bond motifs is 3. The first-order valence-electron chi connectivity index (χ1n) is 5.83. The number of hydrogen-bond donors (Lipinski definition) is 0. The topological polar surface area (TPSA) is 74.1 Å². The Labute approximate surface area is 113 Å². The van der Waals surface area contributed by atoms with Crippen LogP contribution in [0.1, 0.15) is 18.2 Å². The highest BCUT2D eigenvalue weighted by Gasteiger charge is 2.35. The molecule has 2 unspecified atom stereocenters. The molecule has 18 heavy (non-hydrogen) atoms. The molecule has 3 rings (SSSR count). The third-order valence-electron chi connectivity index (χ3n) is 3.40. The number of azide groups is 1. The quantitative estimate of drug-likeness (QED) is 0.455. The van der Waals surface area contributed by atoms with E-state index in [1.165, 1.54) is 0 Å². The summed E-state index contributed by atoms with van der Waals surface area (Å²) in [4.78, 5) is 9.65. The van der Waals surface area contributed by atoms with Crippen molar-refractivity contribution < 1.29 is 4.74 Å². The average Bonchev–Trinajstić information content (AvgIpc) is 2.39. The number of anilines is 1. The number of morpholine rings is 1. The number of aromatic nitrogens is 1. The van der Waals surface area contributed by atoms with Gasteiger partial charge in [-0.15, -0.1) is 0 Å². The van der Waals surface area contributed by atoms with Gasteiger partial charge in [-0.25, -0.2) is 0 Å². The highest BCUT2D eigenvalue weighted by molar-refractivity contribution is 9.10. The molecule has 0 amide bonds. The van der Waals surface area contributed by atoms with Crippen molar-refractivity contribution in [2.45, 2.75) is 18.5 Å². The van der Waals surface area contributed by atoms with Crippen LogP contribution in [0.15, 0.2) is 21.9 Å². The average molecular weight is 310 g/mol. The second-order valence-corrected chi connectivity index (χ2v) is 5.35. The molecule has 7 heteroatoms. The van der Waals surface area contributed by atoms with Crippen molar-refractivity contribution in [3.63, 3.8) is 0 Å². The Morgan fingerprint density at radius 3 is 3.33 bits per heavy atom. The lowest BCUT2D eigenvalue weighted by Gasteiger charge is -2.43. The fourth-order valence-corrected chi connectivity index (χ4v) is 2.95. The number of pyridine rings is 1. The van der Waals surface area contributed by atoms with E-state index < -0.39 is 0 Å². The van der Waals surface area contributed by atoms with Gasteiger partial charge in [-0.3, -0.25) is 4.98 Å². The van der Waals surface area contributed by atoms with Crippen LogP contribution in [-0.4, -0.2) is 30.8 Å². The molecule has 1 aromatic rings. The maximum Gasteiger partial charge on any atom is 0.0839 e. The molecule has 2 aliphatic heterocycles. The molecule has 0 bridgehead atoms. The van der Waals surface area contributed by atoms with Crippen molar-refractivity contribution >= 4 is 21.6 Å². The molecule has 0 aliphatic carbocycles. The molecule has 1 fully saturated rings. The number of nitrogens with zero attached hydrogens (tertiary/aromatic N) is 5. The summed E-state index contributed by atoms with van der Waals surface area (Å²) in [5.74, 6) is 0. The van der Waals surface area contributed by atoms with Gasteiger partial charge >= 0.3 is 0 Å². The fraction of sp³-hybridized carbons (Fsp3) is 0.545. The van der Waals surface area contributed by atoms with E-state index in [2.05, 4.69) is 35.8 Å². The molecule has 1 saturated heterocycles. The summed E-state index contributed by atoms with van der Waals surface area (Å²) in [6.45, 7) is 2.27. The first-order chi connectivity index (χ1) is 8.79. The second kappa shape index (κ2) is 4.76. The summed E-state index contributed by atoms with van der Waals surface area (Å²) in [7, 11) is 0. The Bertz CT molecular complexity index is 516. The first-order valence-corrected chi connectivity index (χ1v) is 6.63. The zero-order chi connectivity index (χ0) is 12.5. The normalized spacial score (nSPS) is 25.9. The number of hydrogen-bond acceptors (Lipinski definition) is 4. The number of rotatable bonds is 1. The Morgan fingerprint density at radius 1 is 1.61 bits per heavy atom. The van der Waals surface area contributed by atoms with Gasteiger partial charge in [0, 0.05) is 22.1 Å². The van der Waals surface area contributed by atoms with Gasteiger partial charge in [0.05, 0.1) is 36.7 Å². The van der Waals surface area contributed by atoms with Gasteiger partial charge < -0.3 is 9.64 Å². The summed E-state index contributed by atoms with van der Waals surface area (Å²) in [5.41, 5.74) is 10.6. The maximum atomic E-state index is 8.67. The van der Waals surface area contributed by atoms with E-state index in [1.54, 1.807) is 6.20 Å². The van der Waals surface area contributed by atoms with Gasteiger partial charge in [0.25, 0.3) is 0 Å². The summed E-state index contributed by atoms with van der Waals surface area (Å²) in [6, 6.07) is 2.12. The van der Waals surface area contributed by atoms with Crippen LogP contribution in [-0.2, 0) is 4.74 Å². The van der Waals surface area contributed by atoms with Crippen molar-refractivity contribution in [2.24, 2.45) is 5.11 Å². The van der Waals surface area contributed by atoms with Crippen molar-refractivity contribution in [3.05, 3.63) is 32.9 Å². The molecule has 0 spiro atoms. The summed E-state index contributed by atoms with van der Waals surface area (Å²) in [5, 5.41) is 3.87. The van der Waals surface area contributed by atoms with Crippen molar-refractivity contribution in [1.82, 2.24) is 4.98 Å². The molecule has 3 heterocycles. The van der Waals surface area contributed by atoms with E-state index in [0.29, 0.717) is 6.61 Å². The third kappa shape index (κ3) is 1.94. The van der Waals surface area contributed by atoms with Crippen LogP contribution in [0.4, 0.5) is 5.69 Å². The van der Waals surface area contributed by atoms with Gasteiger partial charge in [0.15, 0.2) is 0 Å². The summed E-state index contributed by atoms with van der Waals surface area (Å²) in [6.07, 6.45) is 2.52. The van der Waals surface area contributed by atoms with E-state index in [1.807, 2.05) is 6.07 Å². The first kappa shape index (κ1) is 11.8. The van der Waals surface area contributed by atoms with Crippen LogP contribution in [0.5, 0.6) is 0 Å². The molecule has 2 atom stereocenters. The molecular formula is C11H12BrN5O. The van der Waals surface area contributed by atoms with Gasteiger partial charge in [-0.1, -0.05) is 5.11 Å². The van der Waals surface area contributed by atoms with E-state index in [4.69, 9.17) is 10.3 Å². The van der Waals surface area contributed by atoms with E-state index in [0.717, 1.165) is 35.4 Å². The fourth-order valence-electron chi connectivity index (χ4n) is 2.63. The van der Waals surface area contributed by atoms with Crippen LogP contribution in [0, 0.1) is 0 Å². The molecule has 94 valence electrons. The highest BCUT2D eigenvalue weighted by Crippen LogP contribution is 2.40. The van der Waals surface area contributed by atoms with Crippen LogP contribution in [0.3, 0.4) is 0 Å². The minimum absolute atomic E-state index is 0.193. The SMILES string of the molecule is [N-]=[N+]=NC1CC2COCCN2c2cc(Br)cnc21. The minimum atomic E-state index is -0.193. The predicted octanol–water partition coefficient (Wildman–Crippen LogP) is 2.80. The van der Waals surface area contributed by atoms with Crippen molar-refractivity contribution in [1.29, 1.82) is 0 Å². The summed E-state index contributed by atoms with van der Waals surface area (Å²) >= 11 is 3.44. The van der Waals surface area contributed by atoms with Crippen molar-refractivity contribution in [3.8, 4) is 0 Å². The number of ether oxygens (including phenoxy) is 1. The molecule has 1 aromatic heterocycles.